The zero-order chi connectivity index (χ0) is 25.4. The Hall–Kier alpha value is -3.76. The van der Waals surface area contributed by atoms with Crippen molar-refractivity contribution in [2.75, 3.05) is 33.3 Å². The van der Waals surface area contributed by atoms with Crippen molar-refractivity contribution >= 4 is 22.8 Å². The maximum atomic E-state index is 13.9. The first-order valence-corrected chi connectivity index (χ1v) is 12.5. The highest BCUT2D eigenvalue weighted by Crippen LogP contribution is 2.49. The molecule has 2 aliphatic heterocycles. The van der Waals surface area contributed by atoms with Crippen molar-refractivity contribution in [2.45, 2.75) is 38.3 Å². The summed E-state index contributed by atoms with van der Waals surface area (Å²) in [6, 6.07) is 15.3. The number of nitrogens with one attached hydrogen (secondary N) is 1. The van der Waals surface area contributed by atoms with Crippen LogP contribution >= 0.6 is 0 Å². The molecule has 2 aromatic carbocycles. The molecule has 0 saturated carbocycles. The van der Waals surface area contributed by atoms with Gasteiger partial charge in [-0.05, 0) is 56.6 Å². The van der Waals surface area contributed by atoms with Crippen molar-refractivity contribution in [3.63, 3.8) is 0 Å². The summed E-state index contributed by atoms with van der Waals surface area (Å²) < 4.78 is 5.76. The van der Waals surface area contributed by atoms with Crippen molar-refractivity contribution in [2.24, 2.45) is 0 Å². The zero-order valence-corrected chi connectivity index (χ0v) is 21.1. The van der Waals surface area contributed by atoms with Gasteiger partial charge in [0, 0.05) is 36.1 Å². The number of aromatic amines is 1. The minimum atomic E-state index is -0.980. The summed E-state index contributed by atoms with van der Waals surface area (Å²) in [5.41, 5.74) is 2.99. The van der Waals surface area contributed by atoms with Gasteiger partial charge in [0.1, 0.15) is 17.3 Å². The van der Waals surface area contributed by atoms with Crippen LogP contribution in [0.25, 0.3) is 10.9 Å². The van der Waals surface area contributed by atoms with Gasteiger partial charge < -0.3 is 9.72 Å². The smallest absolute Gasteiger partial charge is 0.328 e. The SMILES string of the molecule is C#CCN(C)CCCN1C(=O)N2C(c3ccccc3)c3[nH]c4ccc(OCC)cc4c3CC2(C)C1=O. The number of urea groups is 1. The topological polar surface area (TPSA) is 68.9 Å². The number of terminal acetylenes is 1. The first-order chi connectivity index (χ1) is 17.4. The molecule has 186 valence electrons. The average Bonchev–Trinajstić information content (AvgIpc) is 3.31. The Balaban J connectivity index is 1.57. The molecular formula is C29H32N4O3. The Bertz CT molecular complexity index is 1340. The second kappa shape index (κ2) is 9.36. The van der Waals surface area contributed by atoms with E-state index in [2.05, 4.69) is 10.9 Å². The highest BCUT2D eigenvalue weighted by Gasteiger charge is 2.59. The summed E-state index contributed by atoms with van der Waals surface area (Å²) in [7, 11) is 1.94. The molecule has 1 N–H and O–H groups in total. The summed E-state index contributed by atoms with van der Waals surface area (Å²) in [6.45, 7) is 6.06. The molecule has 7 nitrogen and oxygen atoms in total. The number of aromatic nitrogens is 1. The summed E-state index contributed by atoms with van der Waals surface area (Å²) in [5, 5.41) is 1.03. The number of nitrogens with zero attached hydrogens (tertiary/aromatic N) is 3. The van der Waals surface area contributed by atoms with Gasteiger partial charge in [-0.3, -0.25) is 19.5 Å². The fraction of sp³-hybridized carbons (Fsp3) is 0.379. The van der Waals surface area contributed by atoms with Gasteiger partial charge >= 0.3 is 6.03 Å². The summed E-state index contributed by atoms with van der Waals surface area (Å²) in [6.07, 6.45) is 6.52. The maximum Gasteiger partial charge on any atom is 0.328 e. The zero-order valence-electron chi connectivity index (χ0n) is 21.1. The fourth-order valence-corrected chi connectivity index (χ4v) is 5.66. The first-order valence-electron chi connectivity index (χ1n) is 12.5. The van der Waals surface area contributed by atoms with Gasteiger partial charge in [0.05, 0.1) is 13.2 Å². The number of amides is 3. The lowest BCUT2D eigenvalue weighted by Crippen LogP contribution is -2.53. The third kappa shape index (κ3) is 3.82. The highest BCUT2D eigenvalue weighted by atomic mass is 16.5. The number of benzene rings is 2. The average molecular weight is 485 g/mol. The van der Waals surface area contributed by atoms with E-state index < -0.39 is 11.6 Å². The van der Waals surface area contributed by atoms with Gasteiger partial charge in [-0.1, -0.05) is 36.3 Å². The summed E-state index contributed by atoms with van der Waals surface area (Å²) in [5.74, 6) is 3.27. The minimum Gasteiger partial charge on any atom is -0.494 e. The van der Waals surface area contributed by atoms with Gasteiger partial charge in [-0.25, -0.2) is 4.79 Å². The second-order valence-electron chi connectivity index (χ2n) is 9.83. The number of hydrogen-bond donors (Lipinski definition) is 1. The quantitative estimate of drug-likeness (QED) is 0.385. The highest BCUT2D eigenvalue weighted by molar-refractivity contribution is 6.08. The Labute approximate surface area is 212 Å². The van der Waals surface area contributed by atoms with E-state index in [1.165, 1.54) is 4.90 Å². The van der Waals surface area contributed by atoms with Crippen molar-refractivity contribution in [1.29, 1.82) is 0 Å². The predicted molar refractivity (Wildman–Crippen MR) is 140 cm³/mol. The lowest BCUT2D eigenvalue weighted by Gasteiger charge is -2.42. The van der Waals surface area contributed by atoms with Gasteiger partial charge in [-0.2, -0.15) is 0 Å². The molecule has 7 heteroatoms. The molecule has 0 bridgehead atoms. The van der Waals surface area contributed by atoms with Crippen LogP contribution in [-0.2, 0) is 11.2 Å². The lowest BCUT2D eigenvalue weighted by atomic mass is 9.81. The van der Waals surface area contributed by atoms with Crippen molar-refractivity contribution < 1.29 is 14.3 Å². The van der Waals surface area contributed by atoms with Crippen LogP contribution in [0.15, 0.2) is 48.5 Å². The van der Waals surface area contributed by atoms with Gasteiger partial charge in [0.15, 0.2) is 0 Å². The van der Waals surface area contributed by atoms with Crippen LogP contribution in [0.1, 0.15) is 43.1 Å². The van der Waals surface area contributed by atoms with E-state index in [9.17, 15) is 9.59 Å². The van der Waals surface area contributed by atoms with E-state index in [4.69, 9.17) is 11.2 Å². The lowest BCUT2D eigenvalue weighted by molar-refractivity contribution is -0.133. The van der Waals surface area contributed by atoms with E-state index in [1.54, 1.807) is 4.90 Å². The van der Waals surface area contributed by atoms with E-state index in [-0.39, 0.29) is 11.9 Å². The van der Waals surface area contributed by atoms with Crippen LogP contribution in [0, 0.1) is 12.3 Å². The van der Waals surface area contributed by atoms with Gasteiger partial charge in [0.25, 0.3) is 5.91 Å². The van der Waals surface area contributed by atoms with Crippen molar-refractivity contribution in [3.8, 4) is 18.1 Å². The number of hydrogen-bond acceptors (Lipinski definition) is 4. The molecule has 2 unspecified atom stereocenters. The molecule has 3 aromatic rings. The maximum absolute atomic E-state index is 13.9. The molecule has 3 amide bonds. The van der Waals surface area contributed by atoms with Crippen molar-refractivity contribution in [1.82, 2.24) is 19.7 Å². The van der Waals surface area contributed by atoms with Crippen molar-refractivity contribution in [3.05, 3.63) is 65.4 Å². The molecule has 1 aromatic heterocycles. The first kappa shape index (κ1) is 24.0. The molecule has 1 fully saturated rings. The number of fused-ring (bicyclic) bond motifs is 4. The third-order valence-corrected chi connectivity index (χ3v) is 7.35. The van der Waals surface area contributed by atoms with Crippen LogP contribution in [0.5, 0.6) is 5.75 Å². The number of carbonyl (C=O) groups excluding carboxylic acids is 2. The van der Waals surface area contributed by atoms with E-state index in [0.29, 0.717) is 39.1 Å². The number of H-pyrrole nitrogens is 1. The molecule has 2 atom stereocenters. The van der Waals surface area contributed by atoms with Crippen LogP contribution in [0.2, 0.25) is 0 Å². The summed E-state index contributed by atoms with van der Waals surface area (Å²) >= 11 is 0. The standard InChI is InChI=1S/C29H32N4O3/c1-5-15-31(4)16-10-17-32-27(34)29(3)19-23-22-18-21(36-6-2)13-14-24(22)30-25(23)26(33(29)28(32)35)20-11-8-7-9-12-20/h1,7-9,11-14,18,26,30H,6,10,15-17,19H2,2-4H3. The molecule has 1 saturated heterocycles. The van der Waals surface area contributed by atoms with Gasteiger partial charge in [-0.15, -0.1) is 6.42 Å². The Kier molecular flexibility index (Phi) is 6.23. The Morgan fingerprint density at radius 1 is 1.22 bits per heavy atom. The second-order valence-corrected chi connectivity index (χ2v) is 9.83. The number of ether oxygens (including phenoxy) is 1. The molecule has 2 aliphatic rings. The molecule has 0 radical (unpaired) electrons. The van der Waals surface area contributed by atoms with E-state index in [1.807, 2.05) is 74.3 Å². The Morgan fingerprint density at radius 2 is 2.00 bits per heavy atom. The van der Waals surface area contributed by atoms with Crippen LogP contribution in [-0.4, -0.2) is 70.4 Å². The number of imide groups is 1. The molecule has 0 spiro atoms. The Morgan fingerprint density at radius 3 is 2.72 bits per heavy atom. The fourth-order valence-electron chi connectivity index (χ4n) is 5.66. The molecular weight excluding hydrogens is 452 g/mol. The normalized spacial score (nSPS) is 21.1. The van der Waals surface area contributed by atoms with E-state index >= 15 is 0 Å². The molecule has 0 aliphatic carbocycles. The summed E-state index contributed by atoms with van der Waals surface area (Å²) in [4.78, 5) is 36.5. The largest absolute Gasteiger partial charge is 0.494 e. The molecule has 5 rings (SSSR count). The van der Waals surface area contributed by atoms with E-state index in [0.717, 1.165) is 33.5 Å². The van der Waals surface area contributed by atoms with Crippen LogP contribution in [0.3, 0.4) is 0 Å². The third-order valence-electron chi connectivity index (χ3n) is 7.35. The number of rotatable bonds is 8. The van der Waals surface area contributed by atoms with Crippen LogP contribution < -0.4 is 4.74 Å². The van der Waals surface area contributed by atoms with Gasteiger partial charge in [0.2, 0.25) is 0 Å². The molecule has 3 heterocycles. The minimum absolute atomic E-state index is 0.144. The monoisotopic (exact) mass is 484 g/mol. The molecule has 36 heavy (non-hydrogen) atoms. The van der Waals surface area contributed by atoms with Crippen LogP contribution in [0.4, 0.5) is 4.79 Å². The predicted octanol–water partition coefficient (Wildman–Crippen LogP) is 4.19. The number of carbonyl (C=O) groups is 2.